The van der Waals surface area contributed by atoms with E-state index in [1.165, 1.54) is 0 Å². The Labute approximate surface area is 107 Å². The Morgan fingerprint density at radius 2 is 2.41 bits per heavy atom. The number of rotatable bonds is 5. The molecule has 4 heteroatoms. The van der Waals surface area contributed by atoms with Crippen molar-refractivity contribution in [2.24, 2.45) is 0 Å². The smallest absolute Gasteiger partial charge is 0.127 e. The van der Waals surface area contributed by atoms with Crippen molar-refractivity contribution in [3.8, 4) is 0 Å². The number of pyridine rings is 1. The lowest BCUT2D eigenvalue weighted by Gasteiger charge is -2.13. The van der Waals surface area contributed by atoms with Crippen molar-refractivity contribution in [2.75, 3.05) is 18.5 Å². The lowest BCUT2D eigenvalue weighted by molar-refractivity contribution is 0.127. The molecule has 3 nitrogen and oxygen atoms in total. The van der Waals surface area contributed by atoms with Gasteiger partial charge in [0.15, 0.2) is 0 Å². The monoisotopic (exact) mass is 252 g/mol. The molecule has 2 atom stereocenters. The number of hydrogen-bond donors (Lipinski definition) is 1. The van der Waals surface area contributed by atoms with Crippen molar-refractivity contribution in [2.45, 2.75) is 43.1 Å². The van der Waals surface area contributed by atoms with Crippen LogP contribution in [0.1, 0.15) is 26.7 Å². The highest BCUT2D eigenvalue weighted by Crippen LogP contribution is 2.31. The first-order valence-electron chi connectivity index (χ1n) is 6.29. The zero-order valence-electron chi connectivity index (χ0n) is 10.5. The minimum Gasteiger partial charge on any atom is -0.377 e. The number of nitrogens with one attached hydrogen (secondary N) is 1. The molecule has 1 saturated heterocycles. The maximum Gasteiger partial charge on any atom is 0.127 e. The van der Waals surface area contributed by atoms with Gasteiger partial charge >= 0.3 is 0 Å². The van der Waals surface area contributed by atoms with Crippen LogP contribution < -0.4 is 5.32 Å². The van der Waals surface area contributed by atoms with Crippen molar-refractivity contribution in [1.29, 1.82) is 0 Å². The molecule has 0 aromatic carbocycles. The molecule has 94 valence electrons. The fourth-order valence-electron chi connectivity index (χ4n) is 1.85. The molecule has 1 fully saturated rings. The molecule has 17 heavy (non-hydrogen) atoms. The summed E-state index contributed by atoms with van der Waals surface area (Å²) in [6.07, 6.45) is 2.58. The molecule has 0 spiro atoms. The van der Waals surface area contributed by atoms with Crippen LogP contribution in [0, 0.1) is 0 Å². The largest absolute Gasteiger partial charge is 0.377 e. The van der Waals surface area contributed by atoms with Gasteiger partial charge in [0, 0.05) is 18.4 Å². The molecule has 1 N–H and O–H groups in total. The fraction of sp³-hybridized carbons (Fsp3) is 0.615. The van der Waals surface area contributed by atoms with E-state index in [2.05, 4.69) is 36.3 Å². The molecule has 2 rings (SSSR count). The third kappa shape index (κ3) is 3.61. The molecule has 2 unspecified atom stereocenters. The zero-order valence-corrected chi connectivity index (χ0v) is 11.3. The number of anilines is 1. The first-order valence-corrected chi connectivity index (χ1v) is 7.16. The molecule has 0 amide bonds. The van der Waals surface area contributed by atoms with Gasteiger partial charge in [-0.05, 0) is 31.9 Å². The second kappa shape index (κ2) is 6.26. The highest BCUT2D eigenvalue weighted by atomic mass is 32.2. The molecular formula is C13H20N2OS. The van der Waals surface area contributed by atoms with Crippen LogP contribution in [0.15, 0.2) is 23.2 Å². The summed E-state index contributed by atoms with van der Waals surface area (Å²) >= 11 is 1.83. The third-order valence-electron chi connectivity index (χ3n) is 2.86. The van der Waals surface area contributed by atoms with Crippen LogP contribution in [0.5, 0.6) is 0 Å². The summed E-state index contributed by atoms with van der Waals surface area (Å²) in [4.78, 5) is 4.60. The van der Waals surface area contributed by atoms with Crippen LogP contribution in [0.2, 0.25) is 0 Å². The molecule has 1 aliphatic rings. The van der Waals surface area contributed by atoms with Crippen LogP contribution in [-0.4, -0.2) is 29.5 Å². The van der Waals surface area contributed by atoms with Gasteiger partial charge in [-0.15, -0.1) is 11.8 Å². The van der Waals surface area contributed by atoms with Crippen molar-refractivity contribution >= 4 is 17.6 Å². The summed E-state index contributed by atoms with van der Waals surface area (Å²) in [5, 5.41) is 4.95. The second-order valence-electron chi connectivity index (χ2n) is 4.31. The summed E-state index contributed by atoms with van der Waals surface area (Å²) < 4.78 is 5.57. The summed E-state index contributed by atoms with van der Waals surface area (Å²) in [6.45, 7) is 6.16. The van der Waals surface area contributed by atoms with E-state index in [4.69, 9.17) is 4.74 Å². The normalized spacial score (nSPS) is 23.9. The van der Waals surface area contributed by atoms with Gasteiger partial charge in [-0.25, -0.2) is 4.98 Å². The van der Waals surface area contributed by atoms with Gasteiger partial charge in [0.1, 0.15) is 5.82 Å². The average molecular weight is 252 g/mol. The Balaban J connectivity index is 1.95. The molecule has 2 heterocycles. The van der Waals surface area contributed by atoms with Crippen LogP contribution in [-0.2, 0) is 4.74 Å². The van der Waals surface area contributed by atoms with E-state index in [0.29, 0.717) is 11.4 Å². The Bertz CT molecular complexity index is 359. The minimum atomic E-state index is 0.342. The lowest BCUT2D eigenvalue weighted by Crippen LogP contribution is -2.13. The summed E-state index contributed by atoms with van der Waals surface area (Å²) in [7, 11) is 0. The standard InChI is InChI=1S/C13H20N2OS/c1-3-8-14-12-5-4-6-13(15-12)17-11-7-9-16-10(11)2/h4-6,10-11H,3,7-9H2,1-2H3,(H,14,15). The SMILES string of the molecule is CCCNc1cccc(SC2CCOC2C)n1. The van der Waals surface area contributed by atoms with E-state index in [9.17, 15) is 0 Å². The van der Waals surface area contributed by atoms with E-state index in [0.717, 1.165) is 36.8 Å². The lowest BCUT2D eigenvalue weighted by atomic mass is 10.3. The van der Waals surface area contributed by atoms with Gasteiger partial charge in [-0.3, -0.25) is 0 Å². The van der Waals surface area contributed by atoms with Crippen LogP contribution in [0.3, 0.4) is 0 Å². The van der Waals surface area contributed by atoms with Gasteiger partial charge in [-0.1, -0.05) is 13.0 Å². The number of nitrogens with zero attached hydrogens (tertiary/aromatic N) is 1. The number of ether oxygens (including phenoxy) is 1. The molecule has 0 bridgehead atoms. The van der Waals surface area contributed by atoms with Gasteiger partial charge in [0.05, 0.1) is 11.1 Å². The maximum atomic E-state index is 5.57. The summed E-state index contributed by atoms with van der Waals surface area (Å²) in [6, 6.07) is 6.16. The average Bonchev–Trinajstić information content (AvgIpc) is 2.73. The van der Waals surface area contributed by atoms with Gasteiger partial charge < -0.3 is 10.1 Å². The quantitative estimate of drug-likeness (QED) is 0.873. The molecule has 1 aliphatic heterocycles. The van der Waals surface area contributed by atoms with Crippen LogP contribution in [0.25, 0.3) is 0 Å². The van der Waals surface area contributed by atoms with Crippen molar-refractivity contribution in [1.82, 2.24) is 4.98 Å². The number of aromatic nitrogens is 1. The Morgan fingerprint density at radius 1 is 1.53 bits per heavy atom. The molecule has 0 saturated carbocycles. The van der Waals surface area contributed by atoms with E-state index in [-0.39, 0.29) is 0 Å². The fourth-order valence-corrected chi connectivity index (χ4v) is 2.96. The molecule has 0 aliphatic carbocycles. The Hall–Kier alpha value is -0.740. The molecule has 1 aromatic heterocycles. The van der Waals surface area contributed by atoms with Crippen LogP contribution >= 0.6 is 11.8 Å². The van der Waals surface area contributed by atoms with Crippen molar-refractivity contribution in [3.63, 3.8) is 0 Å². The van der Waals surface area contributed by atoms with E-state index in [1.54, 1.807) is 0 Å². The van der Waals surface area contributed by atoms with Gasteiger partial charge in [0.25, 0.3) is 0 Å². The van der Waals surface area contributed by atoms with Crippen molar-refractivity contribution in [3.05, 3.63) is 18.2 Å². The minimum absolute atomic E-state index is 0.342. The predicted octanol–water partition coefficient (Wildman–Crippen LogP) is 3.17. The molecular weight excluding hydrogens is 232 g/mol. The van der Waals surface area contributed by atoms with Gasteiger partial charge in [0.2, 0.25) is 0 Å². The Kier molecular flexibility index (Phi) is 4.68. The first-order chi connectivity index (χ1) is 8.29. The summed E-state index contributed by atoms with van der Waals surface area (Å²) in [5.74, 6) is 0.975. The number of hydrogen-bond acceptors (Lipinski definition) is 4. The Morgan fingerprint density at radius 3 is 3.12 bits per heavy atom. The van der Waals surface area contributed by atoms with Crippen molar-refractivity contribution < 1.29 is 4.74 Å². The third-order valence-corrected chi connectivity index (χ3v) is 4.25. The second-order valence-corrected chi connectivity index (χ2v) is 5.57. The molecule has 1 aromatic rings. The maximum absolute atomic E-state index is 5.57. The van der Waals surface area contributed by atoms with E-state index < -0.39 is 0 Å². The highest BCUT2D eigenvalue weighted by Gasteiger charge is 2.25. The number of thioether (sulfide) groups is 1. The van der Waals surface area contributed by atoms with E-state index >= 15 is 0 Å². The van der Waals surface area contributed by atoms with Gasteiger partial charge in [-0.2, -0.15) is 0 Å². The highest BCUT2D eigenvalue weighted by molar-refractivity contribution is 7.99. The van der Waals surface area contributed by atoms with E-state index in [1.807, 2.05) is 17.8 Å². The first kappa shape index (κ1) is 12.7. The zero-order chi connectivity index (χ0) is 12.1. The predicted molar refractivity (Wildman–Crippen MR) is 72.7 cm³/mol. The topological polar surface area (TPSA) is 34.1 Å². The van der Waals surface area contributed by atoms with Crippen LogP contribution in [0.4, 0.5) is 5.82 Å². The molecule has 0 radical (unpaired) electrons. The summed E-state index contributed by atoms with van der Waals surface area (Å²) in [5.41, 5.74) is 0.